The monoisotopic (exact) mass is 541 g/mol. The molecule has 2 aromatic heterocycles. The Balaban J connectivity index is 0.000000175. The molecule has 0 saturated carbocycles. The molecule has 0 spiro atoms. The third kappa shape index (κ3) is 5.98. The minimum atomic E-state index is -0.0401. The molecular weight excluding hydrogens is 532 g/mol. The fraction of sp³-hybridized carbons (Fsp3) is 0. The van der Waals surface area contributed by atoms with E-state index in [9.17, 15) is 4.79 Å². The van der Waals surface area contributed by atoms with Gasteiger partial charge in [0.25, 0.3) is 5.56 Å². The topological polar surface area (TPSA) is 32.9 Å². The van der Waals surface area contributed by atoms with Gasteiger partial charge in [-0.2, -0.15) is 0 Å². The highest BCUT2D eigenvalue weighted by Crippen LogP contribution is 2.18. The summed E-state index contributed by atoms with van der Waals surface area (Å²) in [5, 5.41) is 4.33. The van der Waals surface area contributed by atoms with Crippen molar-refractivity contribution in [3.63, 3.8) is 0 Å². The summed E-state index contributed by atoms with van der Waals surface area (Å²) in [6.45, 7) is 0. The minimum Gasteiger partial charge on any atom is -1.00 e. The van der Waals surface area contributed by atoms with Gasteiger partial charge in [0.1, 0.15) is 0 Å². The molecule has 0 unspecified atom stereocenters. The van der Waals surface area contributed by atoms with Crippen LogP contribution >= 0.6 is 46.1 Å². The third-order valence-corrected chi connectivity index (χ3v) is 8.35. The molecule has 0 aliphatic heterocycles. The Morgan fingerprint density at radius 1 is 0.960 bits per heavy atom. The van der Waals surface area contributed by atoms with E-state index in [4.69, 9.17) is 23.2 Å². The SMILES string of the molecule is Clc1cccc([I+]c2cccs2)c1.O=c1[nH]sc2cc(Cl)ccc12.[Cl-]. The number of fused-ring (bicyclic) bond motifs is 1. The first kappa shape index (κ1) is 20.7. The van der Waals surface area contributed by atoms with Crippen molar-refractivity contribution in [2.45, 2.75) is 0 Å². The van der Waals surface area contributed by atoms with Crippen molar-refractivity contribution in [1.82, 2.24) is 4.37 Å². The van der Waals surface area contributed by atoms with Gasteiger partial charge >= 0.3 is 21.2 Å². The van der Waals surface area contributed by atoms with Crippen molar-refractivity contribution < 1.29 is 33.6 Å². The van der Waals surface area contributed by atoms with E-state index in [1.807, 2.05) is 23.5 Å². The van der Waals surface area contributed by atoms with Crippen LogP contribution in [0.3, 0.4) is 0 Å². The summed E-state index contributed by atoms with van der Waals surface area (Å²) in [6, 6.07) is 17.7. The Labute approximate surface area is 179 Å². The molecule has 130 valence electrons. The summed E-state index contributed by atoms with van der Waals surface area (Å²) in [4.78, 5) is 11.0. The molecule has 0 aliphatic carbocycles. The molecule has 0 atom stereocenters. The molecule has 0 aliphatic rings. The van der Waals surface area contributed by atoms with E-state index < -0.39 is 0 Å². The van der Waals surface area contributed by atoms with Gasteiger partial charge in [0.15, 0.2) is 3.57 Å². The molecule has 0 fully saturated rings. The zero-order valence-corrected chi connectivity index (χ0v) is 18.6. The van der Waals surface area contributed by atoms with Crippen LogP contribution in [-0.4, -0.2) is 4.37 Å². The lowest BCUT2D eigenvalue weighted by molar-refractivity contribution is -0.591. The second-order valence-corrected chi connectivity index (χ2v) is 11.0. The first-order valence-corrected chi connectivity index (χ1v) is 11.4. The molecule has 0 radical (unpaired) electrons. The molecule has 1 N–H and O–H groups in total. The Kier molecular flexibility index (Phi) is 8.25. The largest absolute Gasteiger partial charge is 1.00 e. The van der Waals surface area contributed by atoms with Gasteiger partial charge in [-0.3, -0.25) is 9.17 Å². The van der Waals surface area contributed by atoms with Crippen LogP contribution in [0.5, 0.6) is 0 Å². The number of nitrogens with one attached hydrogen (secondary N) is 1. The van der Waals surface area contributed by atoms with Gasteiger partial charge in [0.05, 0.1) is 10.1 Å². The fourth-order valence-electron chi connectivity index (χ4n) is 1.86. The predicted molar refractivity (Wildman–Crippen MR) is 101 cm³/mol. The van der Waals surface area contributed by atoms with E-state index in [-0.39, 0.29) is 39.2 Å². The lowest BCUT2D eigenvalue weighted by atomic mass is 10.3. The smallest absolute Gasteiger partial charge is 0.369 e. The van der Waals surface area contributed by atoms with Gasteiger partial charge in [-0.15, -0.1) is 0 Å². The minimum absolute atomic E-state index is 0. The van der Waals surface area contributed by atoms with Crippen LogP contribution in [0, 0.1) is 6.45 Å². The third-order valence-electron chi connectivity index (χ3n) is 2.92. The number of benzene rings is 2. The highest BCUT2D eigenvalue weighted by molar-refractivity contribution is 7.13. The van der Waals surface area contributed by atoms with E-state index in [0.29, 0.717) is 10.4 Å². The fourth-order valence-corrected chi connectivity index (χ4v) is 7.03. The molecule has 8 heteroatoms. The van der Waals surface area contributed by atoms with Crippen LogP contribution < -0.4 is 39.2 Å². The zero-order chi connectivity index (χ0) is 16.9. The van der Waals surface area contributed by atoms with Crippen LogP contribution in [0.2, 0.25) is 10.0 Å². The zero-order valence-electron chi connectivity index (χ0n) is 12.5. The highest BCUT2D eigenvalue weighted by Gasteiger charge is 2.16. The summed E-state index contributed by atoms with van der Waals surface area (Å²) in [7, 11) is 0. The molecule has 0 saturated heterocycles. The Morgan fingerprint density at radius 2 is 1.76 bits per heavy atom. The predicted octanol–water partition coefficient (Wildman–Crippen LogP) is -0.223. The summed E-state index contributed by atoms with van der Waals surface area (Å²) < 4.78 is 6.41. The number of aromatic amines is 1. The van der Waals surface area contributed by atoms with Crippen molar-refractivity contribution in [3.8, 4) is 0 Å². The lowest BCUT2D eigenvalue weighted by Crippen LogP contribution is -3.61. The van der Waals surface area contributed by atoms with Crippen LogP contribution in [-0.2, 0) is 0 Å². The summed E-state index contributed by atoms with van der Waals surface area (Å²) in [6.07, 6.45) is 0. The van der Waals surface area contributed by atoms with Gasteiger partial charge in [-0.1, -0.05) is 52.1 Å². The Morgan fingerprint density at radius 3 is 2.48 bits per heavy atom. The summed E-state index contributed by atoms with van der Waals surface area (Å²) >= 11 is 14.7. The standard InChI is InChI=1S/C10H7ClIS.C7H4ClNOS.ClH/c11-8-3-1-4-9(7-8)12-10-5-2-6-13-10;8-4-1-2-5-6(3-4)11-9-7(5)10;/h1-7H;1-3H,(H,9,10);1H/q+1;;/p-1. The van der Waals surface area contributed by atoms with E-state index in [1.165, 1.54) is 18.0 Å². The molecule has 25 heavy (non-hydrogen) atoms. The Hall–Kier alpha value is -0.570. The molecule has 4 aromatic rings. The number of hydrogen-bond donors (Lipinski definition) is 1. The van der Waals surface area contributed by atoms with Gasteiger partial charge in [0, 0.05) is 22.2 Å². The summed E-state index contributed by atoms with van der Waals surface area (Å²) in [5.74, 6) is 0. The van der Waals surface area contributed by atoms with Gasteiger partial charge in [-0.25, -0.2) is 0 Å². The number of aromatic nitrogens is 1. The van der Waals surface area contributed by atoms with Gasteiger partial charge in [0.2, 0.25) is 2.88 Å². The maximum absolute atomic E-state index is 11.0. The highest BCUT2D eigenvalue weighted by atomic mass is 127. The van der Waals surface area contributed by atoms with Crippen molar-refractivity contribution >= 4 is 56.2 Å². The quantitative estimate of drug-likeness (QED) is 0.349. The van der Waals surface area contributed by atoms with Crippen LogP contribution in [0.25, 0.3) is 10.1 Å². The first-order chi connectivity index (χ1) is 11.6. The molecule has 0 bridgehead atoms. The number of H-pyrrole nitrogens is 1. The van der Waals surface area contributed by atoms with Crippen molar-refractivity contribution in [1.29, 1.82) is 0 Å². The molecule has 2 heterocycles. The number of rotatable bonds is 2. The van der Waals surface area contributed by atoms with Crippen molar-refractivity contribution in [3.05, 3.63) is 86.8 Å². The van der Waals surface area contributed by atoms with Gasteiger partial charge in [-0.05, 0) is 41.8 Å². The maximum Gasteiger partial charge on any atom is 0.369 e. The Bertz CT molecular complexity index is 998. The van der Waals surface area contributed by atoms with E-state index in [0.717, 1.165) is 9.72 Å². The molecule has 0 amide bonds. The maximum atomic E-state index is 11.0. The molecule has 2 nitrogen and oxygen atoms in total. The van der Waals surface area contributed by atoms with Crippen molar-refractivity contribution in [2.24, 2.45) is 0 Å². The first-order valence-electron chi connectivity index (χ1n) is 6.82. The normalized spacial score (nSPS) is 10.0. The van der Waals surface area contributed by atoms with E-state index in [1.54, 1.807) is 18.2 Å². The van der Waals surface area contributed by atoms with Crippen LogP contribution in [0.1, 0.15) is 0 Å². The molecule has 4 rings (SSSR count). The number of thiophene rings is 1. The van der Waals surface area contributed by atoms with E-state index >= 15 is 0 Å². The number of hydrogen-bond acceptors (Lipinski definition) is 3. The second kappa shape index (κ2) is 9.94. The molecular formula is C17H11Cl3INOS2. The molecule has 2 aromatic carbocycles. The lowest BCUT2D eigenvalue weighted by Gasteiger charge is -1.86. The second-order valence-electron chi connectivity index (χ2n) is 4.63. The van der Waals surface area contributed by atoms with Gasteiger partial charge < -0.3 is 12.4 Å². The number of halogens is 4. The van der Waals surface area contributed by atoms with Crippen LogP contribution in [0.15, 0.2) is 64.8 Å². The average Bonchev–Trinajstić information content (AvgIpc) is 3.18. The average molecular weight is 543 g/mol. The van der Waals surface area contributed by atoms with E-state index in [2.05, 4.69) is 34.0 Å². The van der Waals surface area contributed by atoms with Crippen LogP contribution in [0.4, 0.5) is 0 Å². The summed E-state index contributed by atoms with van der Waals surface area (Å²) in [5.41, 5.74) is -0.0401. The van der Waals surface area contributed by atoms with Crippen molar-refractivity contribution in [2.75, 3.05) is 0 Å².